The summed E-state index contributed by atoms with van der Waals surface area (Å²) in [6.45, 7) is 13.5. The van der Waals surface area contributed by atoms with Gasteiger partial charge in [0.15, 0.2) is 0 Å². The van der Waals surface area contributed by atoms with Gasteiger partial charge in [0.05, 0.1) is 5.60 Å². The quantitative estimate of drug-likeness (QED) is 0.601. The average Bonchev–Trinajstić information content (AvgIpc) is 2.48. The van der Waals surface area contributed by atoms with Gasteiger partial charge in [0.25, 0.3) is 0 Å². The summed E-state index contributed by atoms with van der Waals surface area (Å²) >= 11 is 0. The van der Waals surface area contributed by atoms with Crippen molar-refractivity contribution in [1.82, 2.24) is 5.32 Å². The first-order chi connectivity index (χ1) is 10.1. The molecule has 0 spiro atoms. The van der Waals surface area contributed by atoms with Gasteiger partial charge in [-0.25, -0.2) is 0 Å². The lowest BCUT2D eigenvalue weighted by Crippen LogP contribution is -2.55. The number of hydrogen-bond acceptors (Lipinski definition) is 2. The van der Waals surface area contributed by atoms with E-state index in [1.165, 1.54) is 51.4 Å². The van der Waals surface area contributed by atoms with Crippen molar-refractivity contribution in [3.8, 4) is 0 Å². The Morgan fingerprint density at radius 2 is 1.90 bits per heavy atom. The average molecular weight is 298 g/mol. The molecule has 126 valence electrons. The van der Waals surface area contributed by atoms with Crippen molar-refractivity contribution >= 4 is 0 Å². The number of rotatable bonds is 10. The Balaban J connectivity index is 2.87. The Bertz CT molecular complexity index is 260. The van der Waals surface area contributed by atoms with Crippen molar-refractivity contribution in [3.63, 3.8) is 0 Å². The molecule has 0 heterocycles. The fourth-order valence-electron chi connectivity index (χ4n) is 4.14. The van der Waals surface area contributed by atoms with Gasteiger partial charge in [-0.3, -0.25) is 0 Å². The Morgan fingerprint density at radius 3 is 2.43 bits per heavy atom. The fourth-order valence-corrected chi connectivity index (χ4v) is 4.14. The second-order valence-corrected chi connectivity index (χ2v) is 7.12. The van der Waals surface area contributed by atoms with Gasteiger partial charge in [0.1, 0.15) is 0 Å². The smallest absolute Gasteiger partial charge is 0.0837 e. The predicted molar refractivity (Wildman–Crippen MR) is 92.8 cm³/mol. The molecule has 0 saturated heterocycles. The molecule has 3 unspecified atom stereocenters. The summed E-state index contributed by atoms with van der Waals surface area (Å²) in [6.07, 6.45) is 10.2. The summed E-state index contributed by atoms with van der Waals surface area (Å²) in [4.78, 5) is 0. The second kappa shape index (κ2) is 9.84. The van der Waals surface area contributed by atoms with E-state index >= 15 is 0 Å². The predicted octanol–water partition coefficient (Wildman–Crippen LogP) is 5.17. The third-order valence-corrected chi connectivity index (χ3v) is 5.42. The zero-order valence-corrected chi connectivity index (χ0v) is 15.2. The van der Waals surface area contributed by atoms with Gasteiger partial charge in [-0.05, 0) is 51.0 Å². The van der Waals surface area contributed by atoms with Crippen LogP contribution in [0.3, 0.4) is 0 Å². The number of ether oxygens (including phenoxy) is 1. The SMILES string of the molecule is CCCNC(CC(CC)CC)C1(OCC)CCCC(C)C1. The van der Waals surface area contributed by atoms with E-state index in [1.54, 1.807) is 0 Å². The lowest BCUT2D eigenvalue weighted by atomic mass is 9.72. The first-order valence-corrected chi connectivity index (χ1v) is 9.49. The van der Waals surface area contributed by atoms with E-state index in [2.05, 4.69) is 39.9 Å². The van der Waals surface area contributed by atoms with Crippen LogP contribution >= 0.6 is 0 Å². The van der Waals surface area contributed by atoms with E-state index in [4.69, 9.17) is 4.74 Å². The minimum absolute atomic E-state index is 0.0875. The van der Waals surface area contributed by atoms with Crippen molar-refractivity contribution in [2.75, 3.05) is 13.2 Å². The van der Waals surface area contributed by atoms with Crippen LogP contribution in [-0.2, 0) is 4.74 Å². The van der Waals surface area contributed by atoms with Crippen molar-refractivity contribution in [2.24, 2.45) is 11.8 Å². The molecule has 0 aromatic carbocycles. The molecule has 0 bridgehead atoms. The molecule has 0 aromatic rings. The lowest BCUT2D eigenvalue weighted by molar-refractivity contribution is -0.104. The highest BCUT2D eigenvalue weighted by Gasteiger charge is 2.42. The Morgan fingerprint density at radius 1 is 1.19 bits per heavy atom. The van der Waals surface area contributed by atoms with Crippen molar-refractivity contribution in [2.45, 2.75) is 97.6 Å². The van der Waals surface area contributed by atoms with E-state index in [1.807, 2.05) is 0 Å². The van der Waals surface area contributed by atoms with Crippen LogP contribution in [0.4, 0.5) is 0 Å². The van der Waals surface area contributed by atoms with Gasteiger partial charge in [-0.15, -0.1) is 0 Å². The molecule has 21 heavy (non-hydrogen) atoms. The van der Waals surface area contributed by atoms with Gasteiger partial charge in [-0.2, -0.15) is 0 Å². The van der Waals surface area contributed by atoms with Crippen LogP contribution < -0.4 is 5.32 Å². The van der Waals surface area contributed by atoms with Crippen LogP contribution in [0, 0.1) is 11.8 Å². The fraction of sp³-hybridized carbons (Fsp3) is 1.00. The largest absolute Gasteiger partial charge is 0.374 e. The zero-order chi connectivity index (χ0) is 15.7. The molecule has 1 saturated carbocycles. The van der Waals surface area contributed by atoms with Crippen molar-refractivity contribution < 1.29 is 4.74 Å². The standard InChI is InChI=1S/C19H39NO/c1-6-13-20-18(14-17(7-2)8-3)19(21-9-4)12-10-11-16(5)15-19/h16-18,20H,6-15H2,1-5H3. The van der Waals surface area contributed by atoms with Gasteiger partial charge in [-0.1, -0.05) is 53.4 Å². The van der Waals surface area contributed by atoms with Crippen LogP contribution in [0.15, 0.2) is 0 Å². The molecule has 1 fully saturated rings. The molecule has 1 aliphatic carbocycles. The van der Waals surface area contributed by atoms with Gasteiger partial charge in [0.2, 0.25) is 0 Å². The summed E-state index contributed by atoms with van der Waals surface area (Å²) in [5.41, 5.74) is 0.0875. The highest BCUT2D eigenvalue weighted by Crippen LogP contribution is 2.40. The molecule has 1 N–H and O–H groups in total. The third-order valence-electron chi connectivity index (χ3n) is 5.42. The normalized spacial score (nSPS) is 28.0. The zero-order valence-electron chi connectivity index (χ0n) is 15.2. The van der Waals surface area contributed by atoms with E-state index < -0.39 is 0 Å². The summed E-state index contributed by atoms with van der Waals surface area (Å²) in [7, 11) is 0. The number of nitrogens with one attached hydrogen (secondary N) is 1. The maximum absolute atomic E-state index is 6.43. The second-order valence-electron chi connectivity index (χ2n) is 7.12. The third kappa shape index (κ3) is 5.56. The molecular weight excluding hydrogens is 258 g/mol. The van der Waals surface area contributed by atoms with Crippen LogP contribution in [0.2, 0.25) is 0 Å². The van der Waals surface area contributed by atoms with E-state index in [-0.39, 0.29) is 5.60 Å². The summed E-state index contributed by atoms with van der Waals surface area (Å²) in [5.74, 6) is 1.63. The topological polar surface area (TPSA) is 21.3 Å². The molecule has 0 amide bonds. The summed E-state index contributed by atoms with van der Waals surface area (Å²) in [5, 5.41) is 3.86. The van der Waals surface area contributed by atoms with Gasteiger partial charge in [0, 0.05) is 12.6 Å². The molecule has 2 heteroatoms. The highest BCUT2D eigenvalue weighted by molar-refractivity contribution is 4.97. The monoisotopic (exact) mass is 297 g/mol. The molecule has 0 aromatic heterocycles. The maximum Gasteiger partial charge on any atom is 0.0837 e. The van der Waals surface area contributed by atoms with Crippen molar-refractivity contribution in [3.05, 3.63) is 0 Å². The molecule has 1 rings (SSSR count). The molecule has 0 radical (unpaired) electrons. The highest BCUT2D eigenvalue weighted by atomic mass is 16.5. The Kier molecular flexibility index (Phi) is 8.89. The van der Waals surface area contributed by atoms with Crippen LogP contribution in [0.1, 0.15) is 86.0 Å². The maximum atomic E-state index is 6.43. The molecular formula is C19H39NO. The Labute approximate surface area is 133 Å². The van der Waals surface area contributed by atoms with Crippen molar-refractivity contribution in [1.29, 1.82) is 0 Å². The van der Waals surface area contributed by atoms with Crippen LogP contribution in [0.5, 0.6) is 0 Å². The molecule has 1 aliphatic rings. The first kappa shape index (κ1) is 19.0. The first-order valence-electron chi connectivity index (χ1n) is 9.49. The van der Waals surface area contributed by atoms with E-state index in [0.29, 0.717) is 6.04 Å². The van der Waals surface area contributed by atoms with E-state index in [9.17, 15) is 0 Å². The van der Waals surface area contributed by atoms with E-state index in [0.717, 1.165) is 25.0 Å². The van der Waals surface area contributed by atoms with Crippen LogP contribution in [0.25, 0.3) is 0 Å². The lowest BCUT2D eigenvalue weighted by Gasteiger charge is -2.46. The molecule has 0 aliphatic heterocycles. The van der Waals surface area contributed by atoms with Gasteiger partial charge >= 0.3 is 0 Å². The van der Waals surface area contributed by atoms with Gasteiger partial charge < -0.3 is 10.1 Å². The van der Waals surface area contributed by atoms with Crippen LogP contribution in [-0.4, -0.2) is 24.8 Å². The minimum atomic E-state index is 0.0875. The molecule has 2 nitrogen and oxygen atoms in total. The Hall–Kier alpha value is -0.0800. The minimum Gasteiger partial charge on any atom is -0.374 e. The number of hydrogen-bond donors (Lipinski definition) is 1. The summed E-state index contributed by atoms with van der Waals surface area (Å²) < 4.78 is 6.43. The molecule has 3 atom stereocenters. The summed E-state index contributed by atoms with van der Waals surface area (Å²) in [6, 6.07) is 0.532.